The normalized spacial score (nSPS) is 13.0. The van der Waals surface area contributed by atoms with E-state index >= 15 is 0 Å². The van der Waals surface area contributed by atoms with Gasteiger partial charge in [0.25, 0.3) is 0 Å². The first-order chi connectivity index (χ1) is 7.31. The molecule has 0 aliphatic rings. The highest BCUT2D eigenvalue weighted by atomic mass is 16.5. The van der Waals surface area contributed by atoms with Gasteiger partial charge in [0, 0.05) is 13.2 Å². The van der Waals surface area contributed by atoms with Crippen LogP contribution < -0.4 is 0 Å². The summed E-state index contributed by atoms with van der Waals surface area (Å²) in [6.07, 6.45) is 9.98. The summed E-state index contributed by atoms with van der Waals surface area (Å²) >= 11 is 0. The topological polar surface area (TPSA) is 29.5 Å². The van der Waals surface area contributed by atoms with Crippen molar-refractivity contribution in [2.24, 2.45) is 0 Å². The summed E-state index contributed by atoms with van der Waals surface area (Å²) in [5, 5.41) is 8.60. The molecule has 0 bridgehead atoms. The number of hydrogen-bond acceptors (Lipinski definition) is 2. The molecule has 0 saturated heterocycles. The van der Waals surface area contributed by atoms with Crippen LogP contribution >= 0.6 is 0 Å². The average Bonchev–Trinajstić information content (AvgIpc) is 2.24. The van der Waals surface area contributed by atoms with Crippen molar-refractivity contribution in [1.29, 1.82) is 0 Å². The Labute approximate surface area is 95.0 Å². The molecular formula is C13H28O2. The van der Waals surface area contributed by atoms with Crippen LogP contribution in [-0.4, -0.2) is 24.4 Å². The lowest BCUT2D eigenvalue weighted by Crippen LogP contribution is -2.09. The maximum Gasteiger partial charge on any atom is 0.0547 e. The standard InChI is InChI=1S/C13H28O2/c1-3-4-5-7-10-13(2)15-12-9-6-8-11-14/h13-14H,3-12H2,1-2H3/t13-/m1/s1. The third-order valence-corrected chi connectivity index (χ3v) is 2.67. The number of unbranched alkanes of at least 4 members (excludes halogenated alkanes) is 5. The van der Waals surface area contributed by atoms with Crippen molar-refractivity contribution in [1.82, 2.24) is 0 Å². The fourth-order valence-electron chi connectivity index (χ4n) is 1.62. The number of rotatable bonds is 11. The van der Waals surface area contributed by atoms with Crippen LogP contribution in [0.1, 0.15) is 65.2 Å². The minimum Gasteiger partial charge on any atom is -0.396 e. The Balaban J connectivity index is 3.08. The summed E-state index contributed by atoms with van der Waals surface area (Å²) in [7, 11) is 0. The third-order valence-electron chi connectivity index (χ3n) is 2.67. The van der Waals surface area contributed by atoms with E-state index in [1.807, 2.05) is 0 Å². The van der Waals surface area contributed by atoms with Gasteiger partial charge >= 0.3 is 0 Å². The van der Waals surface area contributed by atoms with E-state index in [9.17, 15) is 0 Å². The summed E-state index contributed by atoms with van der Waals surface area (Å²) in [5.41, 5.74) is 0. The monoisotopic (exact) mass is 216 g/mol. The lowest BCUT2D eigenvalue weighted by molar-refractivity contribution is 0.0552. The second-order valence-electron chi connectivity index (χ2n) is 4.32. The molecule has 0 aliphatic heterocycles. The van der Waals surface area contributed by atoms with E-state index in [0.717, 1.165) is 25.9 Å². The Morgan fingerprint density at radius 2 is 1.73 bits per heavy atom. The highest BCUT2D eigenvalue weighted by Gasteiger charge is 2.01. The summed E-state index contributed by atoms with van der Waals surface area (Å²) in [6, 6.07) is 0. The van der Waals surface area contributed by atoms with Gasteiger partial charge in [0.1, 0.15) is 0 Å². The van der Waals surface area contributed by atoms with Crippen LogP contribution in [0.25, 0.3) is 0 Å². The third kappa shape index (κ3) is 11.8. The molecule has 0 heterocycles. The molecule has 0 unspecified atom stereocenters. The van der Waals surface area contributed by atoms with Crippen molar-refractivity contribution in [2.45, 2.75) is 71.3 Å². The van der Waals surface area contributed by atoms with Gasteiger partial charge in [0.15, 0.2) is 0 Å². The van der Waals surface area contributed by atoms with Gasteiger partial charge in [0.05, 0.1) is 6.10 Å². The molecule has 1 N–H and O–H groups in total. The number of aliphatic hydroxyl groups excluding tert-OH is 1. The largest absolute Gasteiger partial charge is 0.396 e. The zero-order valence-corrected chi connectivity index (χ0v) is 10.5. The van der Waals surface area contributed by atoms with Crippen molar-refractivity contribution in [3.63, 3.8) is 0 Å². The van der Waals surface area contributed by atoms with Crippen molar-refractivity contribution in [3.05, 3.63) is 0 Å². The van der Waals surface area contributed by atoms with Crippen molar-refractivity contribution in [3.8, 4) is 0 Å². The Bertz CT molecular complexity index is 115. The van der Waals surface area contributed by atoms with Crippen LogP contribution in [0, 0.1) is 0 Å². The summed E-state index contributed by atoms with van der Waals surface area (Å²) in [5.74, 6) is 0. The zero-order chi connectivity index (χ0) is 11.4. The second-order valence-corrected chi connectivity index (χ2v) is 4.32. The van der Waals surface area contributed by atoms with E-state index in [0.29, 0.717) is 12.7 Å². The predicted molar refractivity (Wildman–Crippen MR) is 65.1 cm³/mol. The molecule has 0 radical (unpaired) electrons. The molecule has 1 atom stereocenters. The number of aliphatic hydroxyl groups is 1. The maximum absolute atomic E-state index is 8.60. The molecule has 0 fully saturated rings. The molecule has 0 aromatic rings. The average molecular weight is 216 g/mol. The lowest BCUT2D eigenvalue weighted by atomic mass is 10.1. The maximum atomic E-state index is 8.60. The van der Waals surface area contributed by atoms with Gasteiger partial charge in [-0.25, -0.2) is 0 Å². The van der Waals surface area contributed by atoms with Gasteiger partial charge in [-0.05, 0) is 32.6 Å². The minimum atomic E-state index is 0.312. The van der Waals surface area contributed by atoms with Crippen molar-refractivity contribution in [2.75, 3.05) is 13.2 Å². The van der Waals surface area contributed by atoms with Gasteiger partial charge in [-0.3, -0.25) is 0 Å². The van der Waals surface area contributed by atoms with Crippen LogP contribution in [-0.2, 0) is 4.74 Å². The second kappa shape index (κ2) is 12.0. The van der Waals surface area contributed by atoms with Crippen LogP contribution in [0.15, 0.2) is 0 Å². The van der Waals surface area contributed by atoms with Crippen LogP contribution in [0.3, 0.4) is 0 Å². The SMILES string of the molecule is CCCCCC[C@@H](C)OCCCCCO. The van der Waals surface area contributed by atoms with Crippen molar-refractivity contribution < 1.29 is 9.84 Å². The molecule has 92 valence electrons. The van der Waals surface area contributed by atoms with Gasteiger partial charge in [-0.2, -0.15) is 0 Å². The minimum absolute atomic E-state index is 0.312. The lowest BCUT2D eigenvalue weighted by Gasteiger charge is -2.12. The van der Waals surface area contributed by atoms with E-state index in [4.69, 9.17) is 9.84 Å². The van der Waals surface area contributed by atoms with Gasteiger partial charge in [-0.1, -0.05) is 32.6 Å². The molecule has 0 spiro atoms. The Hall–Kier alpha value is -0.0800. The Kier molecular flexibility index (Phi) is 11.9. The molecule has 0 saturated carbocycles. The van der Waals surface area contributed by atoms with E-state index in [2.05, 4.69) is 13.8 Å². The van der Waals surface area contributed by atoms with E-state index in [1.165, 1.54) is 32.1 Å². The molecule has 0 aromatic carbocycles. The highest BCUT2D eigenvalue weighted by Crippen LogP contribution is 2.08. The summed E-state index contributed by atoms with van der Waals surface area (Å²) in [6.45, 7) is 5.57. The van der Waals surface area contributed by atoms with Crippen LogP contribution in [0.2, 0.25) is 0 Å². The van der Waals surface area contributed by atoms with Crippen LogP contribution in [0.5, 0.6) is 0 Å². The zero-order valence-electron chi connectivity index (χ0n) is 10.5. The van der Waals surface area contributed by atoms with Gasteiger partial charge < -0.3 is 9.84 Å². The quantitative estimate of drug-likeness (QED) is 0.535. The Morgan fingerprint density at radius 3 is 2.40 bits per heavy atom. The molecule has 0 aliphatic carbocycles. The number of ether oxygens (including phenoxy) is 1. The predicted octanol–water partition coefficient (Wildman–Crippen LogP) is 3.52. The fraction of sp³-hybridized carbons (Fsp3) is 1.00. The van der Waals surface area contributed by atoms with Gasteiger partial charge in [0.2, 0.25) is 0 Å². The number of hydrogen-bond donors (Lipinski definition) is 1. The smallest absolute Gasteiger partial charge is 0.0547 e. The molecule has 0 amide bonds. The first-order valence-corrected chi connectivity index (χ1v) is 6.53. The first-order valence-electron chi connectivity index (χ1n) is 6.53. The van der Waals surface area contributed by atoms with E-state index in [-0.39, 0.29) is 0 Å². The molecule has 2 heteroatoms. The molecule has 0 aromatic heterocycles. The Morgan fingerprint density at radius 1 is 1.00 bits per heavy atom. The van der Waals surface area contributed by atoms with Crippen LogP contribution in [0.4, 0.5) is 0 Å². The van der Waals surface area contributed by atoms with E-state index in [1.54, 1.807) is 0 Å². The van der Waals surface area contributed by atoms with Crippen molar-refractivity contribution >= 4 is 0 Å². The highest BCUT2D eigenvalue weighted by molar-refractivity contribution is 4.52. The van der Waals surface area contributed by atoms with Gasteiger partial charge in [-0.15, -0.1) is 0 Å². The first kappa shape index (κ1) is 14.9. The fourth-order valence-corrected chi connectivity index (χ4v) is 1.62. The molecule has 2 nitrogen and oxygen atoms in total. The van der Waals surface area contributed by atoms with E-state index < -0.39 is 0 Å². The summed E-state index contributed by atoms with van der Waals surface area (Å²) < 4.78 is 5.69. The molecule has 15 heavy (non-hydrogen) atoms. The molecular weight excluding hydrogens is 188 g/mol. The molecule has 0 rings (SSSR count). The summed E-state index contributed by atoms with van der Waals surface area (Å²) in [4.78, 5) is 0.